The number of methoxy groups -OCH3 is 1. The Morgan fingerprint density at radius 1 is 1.37 bits per heavy atom. The molecule has 0 heterocycles. The lowest BCUT2D eigenvalue weighted by Gasteiger charge is -2.39. The van der Waals surface area contributed by atoms with Crippen molar-refractivity contribution in [1.29, 1.82) is 0 Å². The first kappa shape index (κ1) is 15.0. The number of nitrogens with one attached hydrogen (secondary N) is 1. The van der Waals surface area contributed by atoms with Crippen LogP contribution >= 0.6 is 15.9 Å². The zero-order valence-corrected chi connectivity index (χ0v) is 13.6. The number of ether oxygens (including phenoxy) is 1. The van der Waals surface area contributed by atoms with Crippen molar-refractivity contribution in [3.63, 3.8) is 0 Å². The van der Waals surface area contributed by atoms with Gasteiger partial charge < -0.3 is 10.1 Å². The highest BCUT2D eigenvalue weighted by molar-refractivity contribution is 9.10. The summed E-state index contributed by atoms with van der Waals surface area (Å²) in [4.78, 5) is 0. The van der Waals surface area contributed by atoms with Crippen LogP contribution < -0.4 is 5.32 Å². The van der Waals surface area contributed by atoms with Crippen LogP contribution in [0.25, 0.3) is 0 Å². The van der Waals surface area contributed by atoms with Crippen molar-refractivity contribution in [3.05, 3.63) is 34.3 Å². The predicted molar refractivity (Wildman–Crippen MR) is 83.5 cm³/mol. The van der Waals surface area contributed by atoms with Crippen LogP contribution in [0.3, 0.4) is 0 Å². The highest BCUT2D eigenvalue weighted by Gasteiger charge is 2.32. The third-order valence-electron chi connectivity index (χ3n) is 4.06. The molecule has 2 nitrogen and oxygen atoms in total. The molecule has 0 bridgehead atoms. The van der Waals surface area contributed by atoms with Gasteiger partial charge in [0.1, 0.15) is 0 Å². The van der Waals surface area contributed by atoms with Crippen molar-refractivity contribution in [2.45, 2.75) is 44.7 Å². The van der Waals surface area contributed by atoms with Gasteiger partial charge in [-0.1, -0.05) is 41.9 Å². The zero-order chi connectivity index (χ0) is 13.8. The maximum absolute atomic E-state index is 5.29. The number of rotatable bonds is 6. The molecule has 0 amide bonds. The molecule has 1 N–H and O–H groups in total. The van der Waals surface area contributed by atoms with E-state index in [1.165, 1.54) is 22.9 Å². The fourth-order valence-corrected chi connectivity index (χ4v) is 3.12. The molecule has 106 valence electrons. The lowest BCUT2D eigenvalue weighted by Crippen LogP contribution is -2.49. The Labute approximate surface area is 125 Å². The Kier molecular flexibility index (Phi) is 5.43. The van der Waals surface area contributed by atoms with Gasteiger partial charge in [0.15, 0.2) is 0 Å². The van der Waals surface area contributed by atoms with Crippen LogP contribution in [0, 0.1) is 5.92 Å². The first-order valence-corrected chi connectivity index (χ1v) is 7.90. The average Bonchev–Trinajstić information content (AvgIpc) is 2.31. The third kappa shape index (κ3) is 4.04. The Bertz CT molecular complexity index is 401. The van der Waals surface area contributed by atoms with E-state index in [2.05, 4.69) is 59.4 Å². The molecule has 0 aromatic heterocycles. The molecule has 0 saturated heterocycles. The second-order valence-electron chi connectivity index (χ2n) is 5.89. The van der Waals surface area contributed by atoms with E-state index >= 15 is 0 Å². The standard InChI is InChI=1S/C16H24BrNO/c1-11(2)16(10-19-3)18-15-8-13(9-15)12-5-4-6-14(17)7-12/h4-7,11,13,15-16,18H,8-10H2,1-3H3. The smallest absolute Gasteiger partial charge is 0.0618 e. The monoisotopic (exact) mass is 325 g/mol. The normalized spacial score (nSPS) is 24.3. The molecule has 1 aliphatic carbocycles. The number of hydrogen-bond acceptors (Lipinski definition) is 2. The topological polar surface area (TPSA) is 21.3 Å². The minimum atomic E-state index is 0.471. The first-order chi connectivity index (χ1) is 9.10. The van der Waals surface area contributed by atoms with Gasteiger partial charge in [-0.15, -0.1) is 0 Å². The van der Waals surface area contributed by atoms with Crippen molar-refractivity contribution in [2.75, 3.05) is 13.7 Å². The molecule has 1 unspecified atom stereocenters. The Morgan fingerprint density at radius 2 is 2.11 bits per heavy atom. The summed E-state index contributed by atoms with van der Waals surface area (Å²) in [7, 11) is 1.78. The minimum absolute atomic E-state index is 0.471. The molecule has 1 fully saturated rings. The molecule has 0 radical (unpaired) electrons. The van der Waals surface area contributed by atoms with Crippen LogP contribution in [0.5, 0.6) is 0 Å². The van der Waals surface area contributed by atoms with Crippen molar-refractivity contribution >= 4 is 15.9 Å². The van der Waals surface area contributed by atoms with Crippen molar-refractivity contribution < 1.29 is 4.74 Å². The molecule has 1 aliphatic rings. The maximum atomic E-state index is 5.29. The molecule has 1 aromatic carbocycles. The van der Waals surface area contributed by atoms with E-state index in [-0.39, 0.29) is 0 Å². The largest absolute Gasteiger partial charge is 0.383 e. The van der Waals surface area contributed by atoms with E-state index in [1.807, 2.05) is 0 Å². The summed E-state index contributed by atoms with van der Waals surface area (Å²) in [6, 6.07) is 9.81. The number of halogens is 1. The summed E-state index contributed by atoms with van der Waals surface area (Å²) < 4.78 is 6.47. The second kappa shape index (κ2) is 6.87. The molecule has 1 saturated carbocycles. The predicted octanol–water partition coefficient (Wildman–Crippen LogP) is 3.96. The third-order valence-corrected chi connectivity index (χ3v) is 4.55. The maximum Gasteiger partial charge on any atom is 0.0618 e. The van der Waals surface area contributed by atoms with Gasteiger partial charge in [0.2, 0.25) is 0 Å². The van der Waals surface area contributed by atoms with Gasteiger partial charge in [0, 0.05) is 23.7 Å². The lowest BCUT2D eigenvalue weighted by atomic mass is 9.75. The zero-order valence-electron chi connectivity index (χ0n) is 12.0. The summed E-state index contributed by atoms with van der Waals surface area (Å²) in [5.74, 6) is 1.33. The molecule has 19 heavy (non-hydrogen) atoms. The van der Waals surface area contributed by atoms with Gasteiger partial charge in [-0.3, -0.25) is 0 Å². The van der Waals surface area contributed by atoms with Crippen LogP contribution in [0.2, 0.25) is 0 Å². The van der Waals surface area contributed by atoms with Crippen LogP contribution in [0.1, 0.15) is 38.2 Å². The molecule has 0 spiro atoms. The summed E-state index contributed by atoms with van der Waals surface area (Å²) in [6.07, 6.45) is 2.48. The van der Waals surface area contributed by atoms with Crippen LogP contribution in [0.4, 0.5) is 0 Å². The fourth-order valence-electron chi connectivity index (χ4n) is 2.70. The van der Waals surface area contributed by atoms with Crippen LogP contribution in [-0.2, 0) is 4.74 Å². The van der Waals surface area contributed by atoms with Crippen LogP contribution in [0.15, 0.2) is 28.7 Å². The summed E-state index contributed by atoms with van der Waals surface area (Å²) in [6.45, 7) is 5.30. The van der Waals surface area contributed by atoms with E-state index < -0.39 is 0 Å². The van der Waals surface area contributed by atoms with E-state index in [0.29, 0.717) is 23.9 Å². The van der Waals surface area contributed by atoms with E-state index in [0.717, 1.165) is 6.61 Å². The number of hydrogen-bond donors (Lipinski definition) is 1. The molecular weight excluding hydrogens is 302 g/mol. The average molecular weight is 326 g/mol. The first-order valence-electron chi connectivity index (χ1n) is 7.10. The van der Waals surface area contributed by atoms with Gasteiger partial charge in [-0.05, 0) is 42.4 Å². The van der Waals surface area contributed by atoms with Gasteiger partial charge in [-0.2, -0.15) is 0 Å². The van der Waals surface area contributed by atoms with Gasteiger partial charge >= 0.3 is 0 Å². The molecular formula is C16H24BrNO. The molecule has 3 heteroatoms. The summed E-state index contributed by atoms with van der Waals surface area (Å²) in [5.41, 5.74) is 1.46. The quantitative estimate of drug-likeness (QED) is 0.854. The highest BCUT2D eigenvalue weighted by Crippen LogP contribution is 2.38. The summed E-state index contributed by atoms with van der Waals surface area (Å²) in [5, 5.41) is 3.73. The van der Waals surface area contributed by atoms with Crippen molar-refractivity contribution in [1.82, 2.24) is 5.32 Å². The summed E-state index contributed by atoms with van der Waals surface area (Å²) >= 11 is 3.55. The lowest BCUT2D eigenvalue weighted by molar-refractivity contribution is 0.126. The molecule has 2 rings (SSSR count). The van der Waals surface area contributed by atoms with Gasteiger partial charge in [0.05, 0.1) is 6.61 Å². The minimum Gasteiger partial charge on any atom is -0.383 e. The Balaban J connectivity index is 1.82. The van der Waals surface area contributed by atoms with Gasteiger partial charge in [-0.25, -0.2) is 0 Å². The number of benzene rings is 1. The fraction of sp³-hybridized carbons (Fsp3) is 0.625. The van der Waals surface area contributed by atoms with E-state index in [4.69, 9.17) is 4.74 Å². The molecule has 1 aromatic rings. The van der Waals surface area contributed by atoms with Crippen molar-refractivity contribution in [2.24, 2.45) is 5.92 Å². The highest BCUT2D eigenvalue weighted by atomic mass is 79.9. The van der Waals surface area contributed by atoms with Crippen molar-refractivity contribution in [3.8, 4) is 0 Å². The second-order valence-corrected chi connectivity index (χ2v) is 6.81. The van der Waals surface area contributed by atoms with Gasteiger partial charge in [0.25, 0.3) is 0 Å². The molecule has 1 atom stereocenters. The Hall–Kier alpha value is -0.380. The SMILES string of the molecule is COCC(NC1CC(c2cccc(Br)c2)C1)C(C)C. The van der Waals surface area contributed by atoms with E-state index in [1.54, 1.807) is 7.11 Å². The van der Waals surface area contributed by atoms with E-state index in [9.17, 15) is 0 Å². The van der Waals surface area contributed by atoms with Crippen LogP contribution in [-0.4, -0.2) is 25.8 Å². The molecule has 0 aliphatic heterocycles. The Morgan fingerprint density at radius 3 is 2.68 bits per heavy atom.